The lowest BCUT2D eigenvalue weighted by Gasteiger charge is -2.11. The van der Waals surface area contributed by atoms with Gasteiger partial charge in [0.2, 0.25) is 0 Å². The van der Waals surface area contributed by atoms with Crippen LogP contribution in [0, 0.1) is 13.8 Å². The number of fused-ring (bicyclic) bond motifs is 1. The van der Waals surface area contributed by atoms with Crippen LogP contribution in [0.15, 0.2) is 51.7 Å². The number of halogens is 1. The van der Waals surface area contributed by atoms with Crippen molar-refractivity contribution in [3.8, 4) is 11.5 Å². The maximum atomic E-state index is 12.0. The number of amides is 1. The minimum atomic E-state index is -0.454. The molecule has 0 atom stereocenters. The third-order valence-corrected chi connectivity index (χ3v) is 4.34. The highest BCUT2D eigenvalue weighted by molar-refractivity contribution is 6.32. The molecule has 0 saturated heterocycles. The van der Waals surface area contributed by atoms with Crippen molar-refractivity contribution >= 4 is 28.5 Å². The van der Waals surface area contributed by atoms with Crippen molar-refractivity contribution in [2.45, 2.75) is 13.8 Å². The van der Waals surface area contributed by atoms with Crippen LogP contribution in [0.2, 0.25) is 5.02 Å². The lowest BCUT2D eigenvalue weighted by molar-refractivity contribution is -0.123. The van der Waals surface area contributed by atoms with Crippen molar-refractivity contribution in [2.75, 3.05) is 19.8 Å². The number of ether oxygens (including phenoxy) is 2. The number of nitrogens with one attached hydrogen (secondary N) is 1. The molecule has 3 aromatic rings. The summed E-state index contributed by atoms with van der Waals surface area (Å²) in [5.74, 6) is 0.717. The Balaban J connectivity index is 1.51. The number of rotatable bonds is 7. The van der Waals surface area contributed by atoms with Crippen LogP contribution in [0.25, 0.3) is 11.0 Å². The molecule has 7 heteroatoms. The van der Waals surface area contributed by atoms with Crippen molar-refractivity contribution in [3.63, 3.8) is 0 Å². The van der Waals surface area contributed by atoms with Crippen LogP contribution in [-0.4, -0.2) is 25.7 Å². The fourth-order valence-electron chi connectivity index (χ4n) is 2.69. The van der Waals surface area contributed by atoms with Crippen LogP contribution in [0.3, 0.4) is 0 Å². The molecule has 0 radical (unpaired) electrons. The first kappa shape index (κ1) is 19.8. The van der Waals surface area contributed by atoms with Gasteiger partial charge >= 0.3 is 5.63 Å². The van der Waals surface area contributed by atoms with Gasteiger partial charge in [-0.15, -0.1) is 0 Å². The lowest BCUT2D eigenvalue weighted by atomic mass is 10.1. The molecule has 1 N–H and O–H groups in total. The average molecular weight is 402 g/mol. The van der Waals surface area contributed by atoms with Crippen molar-refractivity contribution in [3.05, 3.63) is 69.0 Å². The molecule has 0 fully saturated rings. The Kier molecular flexibility index (Phi) is 6.21. The minimum absolute atomic E-state index is 0.217. The smallest absolute Gasteiger partial charge is 0.336 e. The molecule has 6 nitrogen and oxygen atoms in total. The second kappa shape index (κ2) is 8.80. The predicted octanol–water partition coefficient (Wildman–Crippen LogP) is 3.64. The van der Waals surface area contributed by atoms with Gasteiger partial charge in [0.1, 0.15) is 23.7 Å². The zero-order valence-electron chi connectivity index (χ0n) is 15.6. The Morgan fingerprint density at radius 2 is 1.96 bits per heavy atom. The maximum Gasteiger partial charge on any atom is 0.336 e. The van der Waals surface area contributed by atoms with Gasteiger partial charge in [0.15, 0.2) is 6.61 Å². The SMILES string of the molecule is Cc1cccc(OCCNC(=O)COc2cc3oc(=O)cc(C)c3cc2Cl)c1. The summed E-state index contributed by atoms with van der Waals surface area (Å²) in [6.07, 6.45) is 0. The van der Waals surface area contributed by atoms with Crippen LogP contribution in [0.4, 0.5) is 0 Å². The third kappa shape index (κ3) is 5.04. The molecular weight excluding hydrogens is 382 g/mol. The summed E-state index contributed by atoms with van der Waals surface area (Å²) < 4.78 is 16.2. The van der Waals surface area contributed by atoms with E-state index >= 15 is 0 Å². The monoisotopic (exact) mass is 401 g/mol. The Morgan fingerprint density at radius 1 is 1.14 bits per heavy atom. The Morgan fingerprint density at radius 3 is 2.75 bits per heavy atom. The zero-order chi connectivity index (χ0) is 20.1. The van der Waals surface area contributed by atoms with E-state index < -0.39 is 5.63 Å². The Labute approximate surface area is 167 Å². The lowest BCUT2D eigenvalue weighted by Crippen LogP contribution is -2.32. The summed E-state index contributed by atoms with van der Waals surface area (Å²) in [7, 11) is 0. The maximum absolute atomic E-state index is 12.0. The van der Waals surface area contributed by atoms with Crippen LogP contribution in [-0.2, 0) is 4.79 Å². The van der Waals surface area contributed by atoms with Gasteiger partial charge in [0.05, 0.1) is 11.6 Å². The number of aryl methyl sites for hydroxylation is 2. The molecule has 3 rings (SSSR count). The van der Waals surface area contributed by atoms with E-state index in [0.717, 1.165) is 22.3 Å². The van der Waals surface area contributed by atoms with Gasteiger partial charge < -0.3 is 19.2 Å². The van der Waals surface area contributed by atoms with E-state index in [1.165, 1.54) is 12.1 Å². The first-order valence-corrected chi connectivity index (χ1v) is 9.13. The molecule has 1 amide bonds. The van der Waals surface area contributed by atoms with E-state index in [0.29, 0.717) is 23.8 Å². The van der Waals surface area contributed by atoms with Crippen molar-refractivity contribution in [1.29, 1.82) is 0 Å². The summed E-state index contributed by atoms with van der Waals surface area (Å²) in [5.41, 5.74) is 1.76. The highest BCUT2D eigenvalue weighted by Gasteiger charge is 2.11. The highest BCUT2D eigenvalue weighted by Crippen LogP contribution is 2.30. The van der Waals surface area contributed by atoms with Crippen molar-refractivity contribution in [1.82, 2.24) is 5.32 Å². The topological polar surface area (TPSA) is 77.8 Å². The molecule has 146 valence electrons. The zero-order valence-corrected chi connectivity index (χ0v) is 16.3. The number of benzene rings is 2. The molecule has 0 saturated carbocycles. The van der Waals surface area contributed by atoms with Crippen LogP contribution >= 0.6 is 11.6 Å². The first-order valence-electron chi connectivity index (χ1n) is 8.75. The second-order valence-electron chi connectivity index (χ2n) is 6.33. The summed E-state index contributed by atoms with van der Waals surface area (Å²) in [4.78, 5) is 23.5. The van der Waals surface area contributed by atoms with E-state index in [4.69, 9.17) is 25.5 Å². The highest BCUT2D eigenvalue weighted by atomic mass is 35.5. The van der Waals surface area contributed by atoms with Gasteiger partial charge in [0.25, 0.3) is 5.91 Å². The van der Waals surface area contributed by atoms with Crippen molar-refractivity contribution in [2.24, 2.45) is 0 Å². The first-order chi connectivity index (χ1) is 13.4. The predicted molar refractivity (Wildman–Crippen MR) is 107 cm³/mol. The largest absolute Gasteiger partial charge is 0.492 e. The van der Waals surface area contributed by atoms with Gasteiger partial charge in [-0.2, -0.15) is 0 Å². The molecule has 0 spiro atoms. The summed E-state index contributed by atoms with van der Waals surface area (Å²) in [5, 5.41) is 3.76. The summed E-state index contributed by atoms with van der Waals surface area (Å²) in [6, 6.07) is 12.2. The average Bonchev–Trinajstić information content (AvgIpc) is 2.64. The van der Waals surface area contributed by atoms with E-state index in [9.17, 15) is 9.59 Å². The van der Waals surface area contributed by atoms with Crippen LogP contribution in [0.5, 0.6) is 11.5 Å². The van der Waals surface area contributed by atoms with Gasteiger partial charge in [-0.05, 0) is 43.2 Å². The van der Waals surface area contributed by atoms with Gasteiger partial charge in [-0.25, -0.2) is 4.79 Å². The van der Waals surface area contributed by atoms with E-state index in [1.54, 1.807) is 13.0 Å². The molecule has 1 heterocycles. The van der Waals surface area contributed by atoms with Crippen LogP contribution in [0.1, 0.15) is 11.1 Å². The molecule has 0 bridgehead atoms. The van der Waals surface area contributed by atoms with E-state index in [2.05, 4.69) is 5.32 Å². The van der Waals surface area contributed by atoms with Crippen LogP contribution < -0.4 is 20.4 Å². The van der Waals surface area contributed by atoms with E-state index in [-0.39, 0.29) is 18.3 Å². The van der Waals surface area contributed by atoms with E-state index in [1.807, 2.05) is 31.2 Å². The molecule has 0 aliphatic heterocycles. The Hall–Kier alpha value is -2.99. The van der Waals surface area contributed by atoms with Gasteiger partial charge in [-0.1, -0.05) is 23.7 Å². The molecule has 1 aromatic heterocycles. The molecule has 2 aromatic carbocycles. The fourth-order valence-corrected chi connectivity index (χ4v) is 2.91. The van der Waals surface area contributed by atoms with Gasteiger partial charge in [0, 0.05) is 17.5 Å². The second-order valence-corrected chi connectivity index (χ2v) is 6.74. The molecule has 28 heavy (non-hydrogen) atoms. The molecule has 0 unspecified atom stereocenters. The standard InChI is InChI=1S/C21H20ClNO5/c1-13-4-3-5-15(8-13)26-7-6-23-20(24)12-27-19-11-18-16(10-17(19)22)14(2)9-21(25)28-18/h3-5,8-11H,6-7,12H2,1-2H3,(H,23,24). The van der Waals surface area contributed by atoms with Crippen molar-refractivity contribution < 1.29 is 18.7 Å². The number of hydrogen-bond donors (Lipinski definition) is 1. The normalized spacial score (nSPS) is 10.7. The quantitative estimate of drug-likeness (QED) is 0.483. The number of hydrogen-bond acceptors (Lipinski definition) is 5. The molecule has 0 aliphatic carbocycles. The summed E-state index contributed by atoms with van der Waals surface area (Å²) in [6.45, 7) is 4.25. The molecule has 0 aliphatic rings. The fraction of sp³-hybridized carbons (Fsp3) is 0.238. The number of carbonyl (C=O) groups excluding carboxylic acids is 1. The number of carbonyl (C=O) groups is 1. The Bertz CT molecular complexity index is 1060. The molecular formula is C21H20ClNO5. The third-order valence-electron chi connectivity index (χ3n) is 4.05. The minimum Gasteiger partial charge on any atom is -0.492 e. The summed E-state index contributed by atoms with van der Waals surface area (Å²) >= 11 is 6.21. The van der Waals surface area contributed by atoms with Gasteiger partial charge in [-0.3, -0.25) is 4.79 Å².